The molecular formula is C12H13FO3. The van der Waals surface area contributed by atoms with Crippen molar-refractivity contribution in [3.8, 4) is 0 Å². The van der Waals surface area contributed by atoms with E-state index < -0.39 is 17.7 Å². The third-order valence-electron chi connectivity index (χ3n) is 2.34. The Balaban J connectivity index is 2.91. The van der Waals surface area contributed by atoms with Crippen molar-refractivity contribution in [2.24, 2.45) is 5.92 Å². The third-order valence-corrected chi connectivity index (χ3v) is 2.34. The fraction of sp³-hybridized carbons (Fsp3) is 0.333. The van der Waals surface area contributed by atoms with E-state index in [1.807, 2.05) is 0 Å². The number of hydrogen-bond acceptors (Lipinski definition) is 3. The van der Waals surface area contributed by atoms with Crippen LogP contribution in [0, 0.1) is 11.7 Å². The molecule has 4 heteroatoms. The lowest BCUT2D eigenvalue weighted by Gasteiger charge is -2.10. The van der Waals surface area contributed by atoms with E-state index >= 15 is 0 Å². The van der Waals surface area contributed by atoms with Gasteiger partial charge in [-0.15, -0.1) is 0 Å². The molecule has 86 valence electrons. The van der Waals surface area contributed by atoms with Gasteiger partial charge in [0.05, 0.1) is 7.11 Å². The van der Waals surface area contributed by atoms with Crippen LogP contribution in [0.1, 0.15) is 23.7 Å². The summed E-state index contributed by atoms with van der Waals surface area (Å²) < 4.78 is 17.2. The lowest BCUT2D eigenvalue weighted by atomic mass is 9.95. The summed E-state index contributed by atoms with van der Waals surface area (Å²) in [5.74, 6) is -2.12. The summed E-state index contributed by atoms with van der Waals surface area (Å²) in [6, 6.07) is 5.11. The molecule has 0 aliphatic heterocycles. The van der Waals surface area contributed by atoms with Crippen molar-refractivity contribution < 1.29 is 18.7 Å². The molecule has 1 aromatic rings. The predicted molar refractivity (Wildman–Crippen MR) is 56.5 cm³/mol. The average Bonchev–Trinajstić information content (AvgIpc) is 2.30. The van der Waals surface area contributed by atoms with Crippen LogP contribution < -0.4 is 0 Å². The molecule has 0 aromatic heterocycles. The number of ether oxygens (including phenoxy) is 1. The molecule has 16 heavy (non-hydrogen) atoms. The van der Waals surface area contributed by atoms with Gasteiger partial charge in [-0.2, -0.15) is 0 Å². The summed E-state index contributed by atoms with van der Waals surface area (Å²) in [4.78, 5) is 23.2. The van der Waals surface area contributed by atoms with Crippen molar-refractivity contribution in [3.63, 3.8) is 0 Å². The number of halogens is 1. The number of Topliss-reactive ketones (excluding diaryl/α,β-unsaturated/α-hetero) is 1. The van der Waals surface area contributed by atoms with Crippen molar-refractivity contribution in [2.75, 3.05) is 7.11 Å². The zero-order chi connectivity index (χ0) is 12.1. The highest BCUT2D eigenvalue weighted by Gasteiger charge is 2.26. The zero-order valence-corrected chi connectivity index (χ0v) is 9.20. The maximum Gasteiger partial charge on any atom is 0.316 e. The zero-order valence-electron chi connectivity index (χ0n) is 9.20. The quantitative estimate of drug-likeness (QED) is 0.447. The Kier molecular flexibility index (Phi) is 4.17. The Hall–Kier alpha value is -1.71. The maximum atomic E-state index is 12.7. The molecule has 0 radical (unpaired) electrons. The van der Waals surface area contributed by atoms with Gasteiger partial charge in [0.25, 0.3) is 0 Å². The van der Waals surface area contributed by atoms with Crippen LogP contribution in [0.4, 0.5) is 4.39 Å². The molecule has 0 saturated carbocycles. The number of carbonyl (C=O) groups is 2. The molecule has 0 fully saturated rings. The molecule has 0 heterocycles. The van der Waals surface area contributed by atoms with Gasteiger partial charge < -0.3 is 4.74 Å². The average molecular weight is 224 g/mol. The second-order valence-corrected chi connectivity index (χ2v) is 3.36. The lowest BCUT2D eigenvalue weighted by Crippen LogP contribution is -2.24. The Bertz CT molecular complexity index is 384. The van der Waals surface area contributed by atoms with Gasteiger partial charge in [-0.3, -0.25) is 9.59 Å². The van der Waals surface area contributed by atoms with E-state index in [9.17, 15) is 14.0 Å². The number of esters is 1. The Morgan fingerprint density at radius 2 is 1.88 bits per heavy atom. The van der Waals surface area contributed by atoms with Gasteiger partial charge in [0.15, 0.2) is 5.78 Å². The highest BCUT2D eigenvalue weighted by atomic mass is 19.1. The number of ketones is 1. The summed E-state index contributed by atoms with van der Waals surface area (Å²) in [6.07, 6.45) is 0.364. The molecule has 0 saturated heterocycles. The molecule has 0 aliphatic rings. The van der Waals surface area contributed by atoms with Crippen LogP contribution in [0.3, 0.4) is 0 Å². The Morgan fingerprint density at radius 3 is 2.31 bits per heavy atom. The summed E-state index contributed by atoms with van der Waals surface area (Å²) in [6.45, 7) is 1.73. The van der Waals surface area contributed by atoms with E-state index in [0.717, 1.165) is 0 Å². The van der Waals surface area contributed by atoms with Crippen LogP contribution >= 0.6 is 0 Å². The van der Waals surface area contributed by atoms with E-state index in [4.69, 9.17) is 0 Å². The van der Waals surface area contributed by atoms with Crippen LogP contribution in [-0.4, -0.2) is 18.9 Å². The monoisotopic (exact) mass is 224 g/mol. The summed E-state index contributed by atoms with van der Waals surface area (Å²) in [5, 5.41) is 0. The van der Waals surface area contributed by atoms with Gasteiger partial charge in [-0.25, -0.2) is 4.39 Å². The van der Waals surface area contributed by atoms with Crippen molar-refractivity contribution >= 4 is 11.8 Å². The number of hydrogen-bond donors (Lipinski definition) is 0. The van der Waals surface area contributed by atoms with E-state index in [0.29, 0.717) is 12.0 Å². The van der Waals surface area contributed by atoms with Crippen molar-refractivity contribution in [1.82, 2.24) is 0 Å². The first-order valence-electron chi connectivity index (χ1n) is 4.97. The number of carbonyl (C=O) groups excluding carboxylic acids is 2. The normalized spacial score (nSPS) is 11.9. The molecule has 0 N–H and O–H groups in total. The molecule has 1 rings (SSSR count). The first-order chi connectivity index (χ1) is 7.60. The Morgan fingerprint density at radius 1 is 1.31 bits per heavy atom. The standard InChI is InChI=1S/C12H13FO3/c1-3-10(12(15)16-2)11(14)8-4-6-9(13)7-5-8/h4-7,10H,3H2,1-2H3. The minimum atomic E-state index is -0.810. The largest absolute Gasteiger partial charge is 0.468 e. The first-order valence-corrected chi connectivity index (χ1v) is 4.97. The van der Waals surface area contributed by atoms with E-state index in [2.05, 4.69) is 4.74 Å². The molecule has 3 nitrogen and oxygen atoms in total. The topological polar surface area (TPSA) is 43.4 Å². The second kappa shape index (κ2) is 5.39. The summed E-state index contributed by atoms with van der Waals surface area (Å²) in [7, 11) is 1.24. The molecule has 1 unspecified atom stereocenters. The molecule has 1 aromatic carbocycles. The molecule has 0 spiro atoms. The highest BCUT2D eigenvalue weighted by Crippen LogP contribution is 2.14. The second-order valence-electron chi connectivity index (χ2n) is 3.36. The number of rotatable bonds is 4. The van der Waals surface area contributed by atoms with Crippen molar-refractivity contribution in [1.29, 1.82) is 0 Å². The molecule has 0 amide bonds. The minimum absolute atomic E-state index is 0.318. The first kappa shape index (κ1) is 12.4. The number of methoxy groups -OCH3 is 1. The summed E-state index contributed by atoms with van der Waals surface area (Å²) in [5.41, 5.74) is 0.318. The third kappa shape index (κ3) is 2.66. The van der Waals surface area contributed by atoms with Gasteiger partial charge in [-0.05, 0) is 30.7 Å². The van der Waals surface area contributed by atoms with E-state index in [-0.39, 0.29) is 5.78 Å². The molecule has 1 atom stereocenters. The fourth-order valence-corrected chi connectivity index (χ4v) is 1.42. The lowest BCUT2D eigenvalue weighted by molar-refractivity contribution is -0.143. The van der Waals surface area contributed by atoms with Crippen LogP contribution in [0.5, 0.6) is 0 Å². The van der Waals surface area contributed by atoms with Crippen LogP contribution in [0.25, 0.3) is 0 Å². The molecule has 0 aliphatic carbocycles. The van der Waals surface area contributed by atoms with Crippen LogP contribution in [0.15, 0.2) is 24.3 Å². The Labute approximate surface area is 93.2 Å². The SMILES string of the molecule is CCC(C(=O)OC)C(=O)c1ccc(F)cc1. The minimum Gasteiger partial charge on any atom is -0.468 e. The molecule has 0 bridgehead atoms. The highest BCUT2D eigenvalue weighted by molar-refractivity contribution is 6.08. The van der Waals surface area contributed by atoms with Gasteiger partial charge in [-0.1, -0.05) is 6.92 Å². The van der Waals surface area contributed by atoms with Crippen LogP contribution in [-0.2, 0) is 9.53 Å². The van der Waals surface area contributed by atoms with E-state index in [1.165, 1.54) is 31.4 Å². The molecular weight excluding hydrogens is 211 g/mol. The fourth-order valence-electron chi connectivity index (χ4n) is 1.42. The van der Waals surface area contributed by atoms with Gasteiger partial charge in [0.2, 0.25) is 0 Å². The summed E-state index contributed by atoms with van der Waals surface area (Å²) >= 11 is 0. The van der Waals surface area contributed by atoms with E-state index in [1.54, 1.807) is 6.92 Å². The predicted octanol–water partition coefficient (Wildman–Crippen LogP) is 2.21. The smallest absolute Gasteiger partial charge is 0.316 e. The van der Waals surface area contributed by atoms with Gasteiger partial charge in [0, 0.05) is 5.56 Å². The van der Waals surface area contributed by atoms with Crippen molar-refractivity contribution in [2.45, 2.75) is 13.3 Å². The van der Waals surface area contributed by atoms with Gasteiger partial charge in [0.1, 0.15) is 11.7 Å². The van der Waals surface area contributed by atoms with Crippen LogP contribution in [0.2, 0.25) is 0 Å². The van der Waals surface area contributed by atoms with Crippen molar-refractivity contribution in [3.05, 3.63) is 35.6 Å². The number of benzene rings is 1. The maximum absolute atomic E-state index is 12.7. The van der Waals surface area contributed by atoms with Gasteiger partial charge >= 0.3 is 5.97 Å².